The molecule has 2 aromatic carbocycles. The molecule has 1 aliphatic carbocycles. The molecule has 0 unspecified atom stereocenters. The number of fused-ring (bicyclic) bond motifs is 1. The van der Waals surface area contributed by atoms with E-state index in [0.717, 1.165) is 23.0 Å². The van der Waals surface area contributed by atoms with Crippen molar-refractivity contribution in [2.24, 2.45) is 0 Å². The maximum Gasteiger partial charge on any atom is 0.256 e. The molecule has 0 fully saturated rings. The summed E-state index contributed by atoms with van der Waals surface area (Å²) in [6, 6.07) is 11.4. The fourth-order valence-electron chi connectivity index (χ4n) is 2.76. The Hall–Kier alpha value is -1.32. The zero-order valence-electron chi connectivity index (χ0n) is 11.5. The first-order valence-electron chi connectivity index (χ1n) is 7.02. The fourth-order valence-corrected chi connectivity index (χ4v) is 3.36. The summed E-state index contributed by atoms with van der Waals surface area (Å²) in [6.07, 6.45) is 4.54. The molecule has 4 heteroatoms. The van der Waals surface area contributed by atoms with Crippen molar-refractivity contribution in [3.63, 3.8) is 0 Å². The maximum absolute atomic E-state index is 12.5. The number of rotatable bonds is 2. The number of carbonyl (C=O) groups excluding carboxylic acids is 1. The molecule has 21 heavy (non-hydrogen) atoms. The number of amides is 1. The van der Waals surface area contributed by atoms with Crippen LogP contribution in [0.2, 0.25) is 5.02 Å². The molecule has 0 spiro atoms. The van der Waals surface area contributed by atoms with Gasteiger partial charge in [0.05, 0.1) is 5.56 Å². The summed E-state index contributed by atoms with van der Waals surface area (Å²) < 4.78 is 0.745. The Labute approximate surface area is 137 Å². The Kier molecular flexibility index (Phi) is 4.32. The van der Waals surface area contributed by atoms with E-state index >= 15 is 0 Å². The molecule has 2 nitrogen and oxygen atoms in total. The van der Waals surface area contributed by atoms with Crippen LogP contribution in [0.25, 0.3) is 0 Å². The van der Waals surface area contributed by atoms with Crippen molar-refractivity contribution < 1.29 is 4.79 Å². The second kappa shape index (κ2) is 6.20. The Morgan fingerprint density at radius 3 is 2.81 bits per heavy atom. The molecule has 0 heterocycles. The Bertz CT molecular complexity index is 699. The van der Waals surface area contributed by atoms with Gasteiger partial charge in [-0.2, -0.15) is 0 Å². The number of hydrogen-bond acceptors (Lipinski definition) is 1. The van der Waals surface area contributed by atoms with Crippen molar-refractivity contribution in [1.29, 1.82) is 0 Å². The number of halogens is 2. The van der Waals surface area contributed by atoms with Gasteiger partial charge in [-0.15, -0.1) is 0 Å². The summed E-state index contributed by atoms with van der Waals surface area (Å²) >= 11 is 9.38. The average Bonchev–Trinajstić information content (AvgIpc) is 2.50. The Morgan fingerprint density at radius 2 is 1.95 bits per heavy atom. The largest absolute Gasteiger partial charge is 0.322 e. The summed E-state index contributed by atoms with van der Waals surface area (Å²) in [6.45, 7) is 0. The van der Waals surface area contributed by atoms with Crippen LogP contribution in [0.1, 0.15) is 34.3 Å². The van der Waals surface area contributed by atoms with Crippen LogP contribution in [-0.4, -0.2) is 5.91 Å². The highest BCUT2D eigenvalue weighted by molar-refractivity contribution is 9.10. The molecule has 1 aliphatic rings. The fraction of sp³-hybridized carbons (Fsp3) is 0.235. The predicted molar refractivity (Wildman–Crippen MR) is 90.2 cm³/mol. The minimum absolute atomic E-state index is 0.136. The Balaban J connectivity index is 1.90. The van der Waals surface area contributed by atoms with E-state index in [4.69, 9.17) is 11.6 Å². The highest BCUT2D eigenvalue weighted by Gasteiger charge is 2.16. The molecule has 0 aliphatic heterocycles. The average molecular weight is 365 g/mol. The summed E-state index contributed by atoms with van der Waals surface area (Å²) in [7, 11) is 0. The Morgan fingerprint density at radius 1 is 1.14 bits per heavy atom. The van der Waals surface area contributed by atoms with Crippen LogP contribution in [0.4, 0.5) is 5.69 Å². The molecule has 1 N–H and O–H groups in total. The molecule has 0 saturated heterocycles. The topological polar surface area (TPSA) is 29.1 Å². The summed E-state index contributed by atoms with van der Waals surface area (Å²) in [5, 5.41) is 3.58. The SMILES string of the molecule is O=C(Nc1cccc2c1CCCC2)c1cc(Cl)ccc1Br. The monoisotopic (exact) mass is 363 g/mol. The lowest BCUT2D eigenvalue weighted by atomic mass is 9.90. The molecule has 2 aromatic rings. The van der Waals surface area contributed by atoms with Crippen LogP contribution in [-0.2, 0) is 12.8 Å². The van der Waals surface area contributed by atoms with Crippen LogP contribution in [0.3, 0.4) is 0 Å². The highest BCUT2D eigenvalue weighted by atomic mass is 79.9. The van der Waals surface area contributed by atoms with E-state index in [0.29, 0.717) is 10.6 Å². The molecule has 0 aromatic heterocycles. The third-order valence-electron chi connectivity index (χ3n) is 3.82. The quantitative estimate of drug-likeness (QED) is 0.776. The van der Waals surface area contributed by atoms with Gasteiger partial charge in [0.1, 0.15) is 0 Å². The molecule has 0 saturated carbocycles. The van der Waals surface area contributed by atoms with Gasteiger partial charge >= 0.3 is 0 Å². The number of carbonyl (C=O) groups is 1. The highest BCUT2D eigenvalue weighted by Crippen LogP contribution is 2.29. The smallest absolute Gasteiger partial charge is 0.256 e. The van der Waals surface area contributed by atoms with Gasteiger partial charge < -0.3 is 5.32 Å². The lowest BCUT2D eigenvalue weighted by Crippen LogP contribution is -2.16. The minimum atomic E-state index is -0.136. The number of benzene rings is 2. The molecule has 3 rings (SSSR count). The van der Waals surface area contributed by atoms with Crippen molar-refractivity contribution in [2.75, 3.05) is 5.32 Å². The van der Waals surface area contributed by atoms with Gasteiger partial charge in [0.2, 0.25) is 0 Å². The van der Waals surface area contributed by atoms with Gasteiger partial charge in [-0.3, -0.25) is 4.79 Å². The molecule has 0 radical (unpaired) electrons. The second-order valence-electron chi connectivity index (χ2n) is 5.23. The summed E-state index contributed by atoms with van der Waals surface area (Å²) in [5.41, 5.74) is 4.10. The molecule has 1 amide bonds. The van der Waals surface area contributed by atoms with E-state index in [1.54, 1.807) is 18.2 Å². The predicted octanol–water partition coefficient (Wildman–Crippen LogP) is 5.23. The van der Waals surface area contributed by atoms with Crippen LogP contribution in [0, 0.1) is 0 Å². The first-order chi connectivity index (χ1) is 10.1. The van der Waals surface area contributed by atoms with E-state index in [9.17, 15) is 4.79 Å². The van der Waals surface area contributed by atoms with Crippen molar-refractivity contribution in [3.05, 3.63) is 62.6 Å². The lowest BCUT2D eigenvalue weighted by Gasteiger charge is -2.19. The van der Waals surface area contributed by atoms with Crippen molar-refractivity contribution in [1.82, 2.24) is 0 Å². The zero-order chi connectivity index (χ0) is 14.8. The molecular formula is C17H15BrClNO. The zero-order valence-corrected chi connectivity index (χ0v) is 13.8. The number of aryl methyl sites for hydroxylation is 1. The van der Waals surface area contributed by atoms with E-state index in [1.165, 1.54) is 24.0 Å². The molecule has 0 atom stereocenters. The minimum Gasteiger partial charge on any atom is -0.322 e. The van der Waals surface area contributed by atoms with Gasteiger partial charge in [-0.25, -0.2) is 0 Å². The van der Waals surface area contributed by atoms with Crippen LogP contribution in [0.5, 0.6) is 0 Å². The molecule has 108 valence electrons. The summed E-state index contributed by atoms with van der Waals surface area (Å²) in [4.78, 5) is 12.5. The second-order valence-corrected chi connectivity index (χ2v) is 6.52. The normalized spacial score (nSPS) is 13.6. The lowest BCUT2D eigenvalue weighted by molar-refractivity contribution is 0.102. The number of anilines is 1. The molecule has 0 bridgehead atoms. The van der Waals surface area contributed by atoms with Crippen molar-refractivity contribution in [2.45, 2.75) is 25.7 Å². The van der Waals surface area contributed by atoms with Crippen LogP contribution in [0.15, 0.2) is 40.9 Å². The van der Waals surface area contributed by atoms with E-state index in [1.807, 2.05) is 12.1 Å². The van der Waals surface area contributed by atoms with Gasteiger partial charge in [0.25, 0.3) is 5.91 Å². The van der Waals surface area contributed by atoms with Crippen molar-refractivity contribution in [3.8, 4) is 0 Å². The number of nitrogens with one attached hydrogen (secondary N) is 1. The first kappa shape index (κ1) is 14.6. The van der Waals surface area contributed by atoms with Gasteiger partial charge in [-0.05, 0) is 77.0 Å². The van der Waals surface area contributed by atoms with Gasteiger partial charge in [-0.1, -0.05) is 23.7 Å². The van der Waals surface area contributed by atoms with E-state index < -0.39 is 0 Å². The van der Waals surface area contributed by atoms with Crippen LogP contribution >= 0.6 is 27.5 Å². The maximum atomic E-state index is 12.5. The summed E-state index contributed by atoms with van der Waals surface area (Å²) in [5.74, 6) is -0.136. The van der Waals surface area contributed by atoms with Crippen LogP contribution < -0.4 is 5.32 Å². The van der Waals surface area contributed by atoms with Crippen molar-refractivity contribution >= 4 is 39.1 Å². The molecular weight excluding hydrogens is 350 g/mol. The number of hydrogen-bond donors (Lipinski definition) is 1. The van der Waals surface area contributed by atoms with E-state index in [-0.39, 0.29) is 5.91 Å². The van der Waals surface area contributed by atoms with Gasteiger partial charge in [0.15, 0.2) is 0 Å². The first-order valence-corrected chi connectivity index (χ1v) is 8.19. The standard InChI is InChI=1S/C17H15BrClNO/c18-15-9-8-12(19)10-14(15)17(21)20-16-7-3-5-11-4-1-2-6-13(11)16/h3,5,7-10H,1-2,4,6H2,(H,20,21). The third kappa shape index (κ3) is 3.14. The van der Waals surface area contributed by atoms with E-state index in [2.05, 4.69) is 27.3 Å². The third-order valence-corrected chi connectivity index (χ3v) is 4.74. The van der Waals surface area contributed by atoms with Gasteiger partial charge in [0, 0.05) is 15.2 Å².